The number of halogens is 1. The Morgan fingerprint density at radius 3 is 2.75 bits per heavy atom. The van der Waals surface area contributed by atoms with E-state index in [9.17, 15) is 4.79 Å². The lowest BCUT2D eigenvalue weighted by atomic mass is 10.1. The summed E-state index contributed by atoms with van der Waals surface area (Å²) in [6, 6.07) is -0.106. The van der Waals surface area contributed by atoms with Gasteiger partial charge < -0.3 is 9.88 Å². The van der Waals surface area contributed by atoms with Crippen LogP contribution in [0.5, 0.6) is 0 Å². The second kappa shape index (κ2) is 4.90. The zero-order valence-corrected chi connectivity index (χ0v) is 12.0. The van der Waals surface area contributed by atoms with E-state index in [1.54, 1.807) is 13.2 Å². The molecule has 2 heterocycles. The SMILES string of the molecule is Cn1ccnc1C(NC(=O)c1nc(Cl)n(C)n1)C1CC1. The molecule has 1 amide bonds. The van der Waals surface area contributed by atoms with Gasteiger partial charge in [-0.25, -0.2) is 9.67 Å². The summed E-state index contributed by atoms with van der Waals surface area (Å²) in [6.45, 7) is 0. The van der Waals surface area contributed by atoms with Gasteiger partial charge in [-0.05, 0) is 30.4 Å². The highest BCUT2D eigenvalue weighted by Crippen LogP contribution is 2.40. The first-order valence-corrected chi connectivity index (χ1v) is 6.78. The molecule has 1 atom stereocenters. The van der Waals surface area contributed by atoms with Crippen molar-refractivity contribution in [3.05, 3.63) is 29.3 Å². The molecule has 8 heteroatoms. The van der Waals surface area contributed by atoms with Gasteiger partial charge in [0.2, 0.25) is 11.1 Å². The summed E-state index contributed by atoms with van der Waals surface area (Å²) < 4.78 is 3.28. The summed E-state index contributed by atoms with van der Waals surface area (Å²) in [5.74, 6) is 1.03. The van der Waals surface area contributed by atoms with Gasteiger partial charge in [-0.3, -0.25) is 4.79 Å². The first kappa shape index (κ1) is 13.1. The van der Waals surface area contributed by atoms with E-state index in [4.69, 9.17) is 11.6 Å². The minimum atomic E-state index is -0.326. The zero-order valence-electron chi connectivity index (χ0n) is 11.2. The standard InChI is InChI=1S/C12H15ClN6O/c1-18-6-5-14-10(18)8(7-3-4-7)15-11(20)9-16-12(13)19(2)17-9/h5-8H,3-4H2,1-2H3,(H,15,20). The predicted molar refractivity (Wildman–Crippen MR) is 72.2 cm³/mol. The molecule has 20 heavy (non-hydrogen) atoms. The van der Waals surface area contributed by atoms with Crippen LogP contribution in [0.15, 0.2) is 12.4 Å². The van der Waals surface area contributed by atoms with Crippen molar-refractivity contribution >= 4 is 17.5 Å². The third kappa shape index (κ3) is 2.40. The third-order valence-electron chi connectivity index (χ3n) is 3.43. The van der Waals surface area contributed by atoms with Crippen LogP contribution in [0.1, 0.15) is 35.3 Å². The van der Waals surface area contributed by atoms with Crippen molar-refractivity contribution in [1.82, 2.24) is 29.6 Å². The van der Waals surface area contributed by atoms with Crippen LogP contribution in [0.25, 0.3) is 0 Å². The van der Waals surface area contributed by atoms with E-state index in [2.05, 4.69) is 20.4 Å². The molecule has 2 aromatic heterocycles. The summed E-state index contributed by atoms with van der Waals surface area (Å²) in [5.41, 5.74) is 0. The van der Waals surface area contributed by atoms with Crippen molar-refractivity contribution in [3.63, 3.8) is 0 Å². The van der Waals surface area contributed by atoms with Crippen molar-refractivity contribution in [2.45, 2.75) is 18.9 Å². The lowest BCUT2D eigenvalue weighted by Crippen LogP contribution is -2.32. The van der Waals surface area contributed by atoms with E-state index < -0.39 is 0 Å². The highest BCUT2D eigenvalue weighted by atomic mass is 35.5. The van der Waals surface area contributed by atoms with Crippen LogP contribution in [-0.2, 0) is 14.1 Å². The number of carbonyl (C=O) groups excluding carboxylic acids is 1. The molecule has 0 aliphatic heterocycles. The van der Waals surface area contributed by atoms with Crippen LogP contribution < -0.4 is 5.32 Å². The number of aromatic nitrogens is 5. The second-order valence-electron chi connectivity index (χ2n) is 5.01. The van der Waals surface area contributed by atoms with Gasteiger partial charge in [0.1, 0.15) is 5.82 Å². The Labute approximate surface area is 121 Å². The maximum Gasteiger partial charge on any atom is 0.291 e. The van der Waals surface area contributed by atoms with Gasteiger partial charge in [0.25, 0.3) is 5.91 Å². The van der Waals surface area contributed by atoms with Crippen LogP contribution in [0.4, 0.5) is 0 Å². The number of carbonyl (C=O) groups is 1. The maximum atomic E-state index is 12.2. The minimum absolute atomic E-state index is 0.0809. The second-order valence-corrected chi connectivity index (χ2v) is 5.35. The number of hydrogen-bond donors (Lipinski definition) is 1. The first-order chi connectivity index (χ1) is 9.56. The molecule has 1 unspecified atom stereocenters. The van der Waals surface area contributed by atoms with Gasteiger partial charge in [-0.2, -0.15) is 4.98 Å². The van der Waals surface area contributed by atoms with Gasteiger partial charge >= 0.3 is 0 Å². The van der Waals surface area contributed by atoms with E-state index >= 15 is 0 Å². The van der Waals surface area contributed by atoms with Crippen LogP contribution in [0.2, 0.25) is 5.28 Å². The average molecular weight is 295 g/mol. The van der Waals surface area contributed by atoms with Gasteiger partial charge in [0.15, 0.2) is 0 Å². The zero-order chi connectivity index (χ0) is 14.3. The predicted octanol–water partition coefficient (Wildman–Crippen LogP) is 1.08. The smallest absolute Gasteiger partial charge is 0.291 e. The first-order valence-electron chi connectivity index (χ1n) is 6.41. The average Bonchev–Trinajstić information content (AvgIpc) is 3.08. The van der Waals surface area contributed by atoms with Gasteiger partial charge in [-0.15, -0.1) is 5.10 Å². The number of amides is 1. The van der Waals surface area contributed by atoms with E-state index in [0.29, 0.717) is 5.92 Å². The molecule has 1 aliphatic carbocycles. The Hall–Kier alpha value is -1.89. The summed E-state index contributed by atoms with van der Waals surface area (Å²) in [7, 11) is 3.56. The molecule has 2 aromatic rings. The van der Waals surface area contributed by atoms with Crippen LogP contribution in [0, 0.1) is 5.92 Å². The molecular weight excluding hydrogens is 280 g/mol. The van der Waals surface area contributed by atoms with Gasteiger partial charge in [0.05, 0.1) is 6.04 Å². The molecule has 106 valence electrons. The monoisotopic (exact) mass is 294 g/mol. The molecule has 0 saturated heterocycles. The van der Waals surface area contributed by atoms with Crippen LogP contribution in [-0.4, -0.2) is 30.2 Å². The summed E-state index contributed by atoms with van der Waals surface area (Å²) in [6.07, 6.45) is 5.78. The number of nitrogens with one attached hydrogen (secondary N) is 1. The molecule has 7 nitrogen and oxygen atoms in total. The van der Waals surface area contributed by atoms with Crippen molar-refractivity contribution < 1.29 is 4.79 Å². The summed E-state index contributed by atoms with van der Waals surface area (Å²) in [4.78, 5) is 20.5. The molecule has 0 spiro atoms. The number of aryl methyl sites for hydroxylation is 2. The number of hydrogen-bond acceptors (Lipinski definition) is 4. The highest BCUT2D eigenvalue weighted by Gasteiger charge is 2.36. The van der Waals surface area contributed by atoms with Gasteiger partial charge in [0, 0.05) is 26.5 Å². The molecule has 1 saturated carbocycles. The number of nitrogens with zero attached hydrogens (tertiary/aromatic N) is 5. The molecule has 3 rings (SSSR count). The molecule has 0 aromatic carbocycles. The fourth-order valence-electron chi connectivity index (χ4n) is 2.17. The van der Waals surface area contributed by atoms with Gasteiger partial charge in [-0.1, -0.05) is 0 Å². The third-order valence-corrected chi connectivity index (χ3v) is 3.76. The largest absolute Gasteiger partial charge is 0.339 e. The number of imidazole rings is 1. The van der Waals surface area contributed by atoms with E-state index in [0.717, 1.165) is 18.7 Å². The van der Waals surface area contributed by atoms with Crippen LogP contribution in [0.3, 0.4) is 0 Å². The Bertz CT molecular complexity index is 625. The fourth-order valence-corrected chi connectivity index (χ4v) is 2.28. The molecular formula is C12H15ClN6O. The molecule has 1 fully saturated rings. The van der Waals surface area contributed by atoms with E-state index in [-0.39, 0.29) is 23.1 Å². The van der Waals surface area contributed by atoms with Crippen molar-refractivity contribution in [2.75, 3.05) is 0 Å². The Kier molecular flexibility index (Phi) is 3.21. The molecule has 0 radical (unpaired) electrons. The Balaban J connectivity index is 1.80. The molecule has 0 bridgehead atoms. The maximum absolute atomic E-state index is 12.2. The Morgan fingerprint density at radius 1 is 1.50 bits per heavy atom. The molecule has 1 N–H and O–H groups in total. The summed E-state index contributed by atoms with van der Waals surface area (Å²) >= 11 is 5.80. The van der Waals surface area contributed by atoms with E-state index in [1.165, 1.54) is 4.68 Å². The quantitative estimate of drug-likeness (QED) is 0.915. The van der Waals surface area contributed by atoms with E-state index in [1.807, 2.05) is 17.8 Å². The number of rotatable bonds is 4. The lowest BCUT2D eigenvalue weighted by molar-refractivity contribution is 0.0918. The van der Waals surface area contributed by atoms with Crippen molar-refractivity contribution in [2.24, 2.45) is 20.0 Å². The summed E-state index contributed by atoms with van der Waals surface area (Å²) in [5, 5.41) is 7.13. The minimum Gasteiger partial charge on any atom is -0.339 e. The highest BCUT2D eigenvalue weighted by molar-refractivity contribution is 6.28. The Morgan fingerprint density at radius 2 is 2.25 bits per heavy atom. The fraction of sp³-hybridized carbons (Fsp3) is 0.500. The normalized spacial score (nSPS) is 16.1. The van der Waals surface area contributed by atoms with Crippen molar-refractivity contribution in [3.8, 4) is 0 Å². The topological polar surface area (TPSA) is 77.6 Å². The van der Waals surface area contributed by atoms with Crippen LogP contribution >= 0.6 is 11.6 Å². The lowest BCUT2D eigenvalue weighted by Gasteiger charge is -2.17. The molecule has 1 aliphatic rings. The van der Waals surface area contributed by atoms with Crippen molar-refractivity contribution in [1.29, 1.82) is 0 Å².